The van der Waals surface area contributed by atoms with E-state index in [4.69, 9.17) is 5.73 Å². The minimum atomic E-state index is 0.121. The van der Waals surface area contributed by atoms with E-state index in [-0.39, 0.29) is 17.4 Å². The van der Waals surface area contributed by atoms with Crippen molar-refractivity contribution in [2.75, 3.05) is 5.73 Å². The summed E-state index contributed by atoms with van der Waals surface area (Å²) >= 11 is 0. The van der Waals surface area contributed by atoms with E-state index >= 15 is 0 Å². The molecule has 0 amide bonds. The summed E-state index contributed by atoms with van der Waals surface area (Å²) in [6.45, 7) is 5.41. The highest BCUT2D eigenvalue weighted by Crippen LogP contribution is 2.15. The molecule has 0 aliphatic heterocycles. The van der Waals surface area contributed by atoms with Crippen LogP contribution >= 0.6 is 0 Å². The molecule has 0 spiro atoms. The second kappa shape index (κ2) is 6.51. The highest BCUT2D eigenvalue weighted by atomic mass is 16.6. The molecule has 3 aromatic rings. The maximum absolute atomic E-state index is 9.33. The van der Waals surface area contributed by atoms with Crippen LogP contribution in [0.4, 0.5) is 5.82 Å². The molecule has 0 aliphatic rings. The Bertz CT molecular complexity index is 952. The van der Waals surface area contributed by atoms with E-state index < -0.39 is 0 Å². The third-order valence-corrected chi connectivity index (χ3v) is 3.57. The molecule has 10 nitrogen and oxygen atoms in total. The minimum absolute atomic E-state index is 0.121. The number of nitrogen functional groups attached to an aromatic ring is 1. The molecule has 2 heterocycles. The first kappa shape index (κ1) is 16.3. The van der Waals surface area contributed by atoms with Crippen LogP contribution in [-0.4, -0.2) is 41.8 Å². The summed E-state index contributed by atoms with van der Waals surface area (Å²) in [7, 11) is 0. The number of phenols is 1. The quantitative estimate of drug-likeness (QED) is 0.541. The first-order valence-corrected chi connectivity index (χ1v) is 7.36. The van der Waals surface area contributed by atoms with Crippen molar-refractivity contribution in [3.8, 4) is 11.6 Å². The number of hydrogen-bond acceptors (Lipinski definition) is 9. The Balaban J connectivity index is 1.88. The number of aromatic nitrogens is 5. The predicted octanol–water partition coefficient (Wildman–Crippen LogP) is 1.48. The summed E-state index contributed by atoms with van der Waals surface area (Å²) in [4.78, 5) is 0. The van der Waals surface area contributed by atoms with E-state index in [0.717, 1.165) is 5.56 Å². The molecule has 0 fully saturated rings. The second-order valence-electron chi connectivity index (χ2n) is 5.33. The molecule has 0 radical (unpaired) electrons. The van der Waals surface area contributed by atoms with E-state index in [1.54, 1.807) is 38.1 Å². The fourth-order valence-corrected chi connectivity index (χ4v) is 2.16. The van der Waals surface area contributed by atoms with Gasteiger partial charge in [-0.2, -0.15) is 14.9 Å². The van der Waals surface area contributed by atoms with Crippen LogP contribution in [0.1, 0.15) is 30.8 Å². The van der Waals surface area contributed by atoms with Gasteiger partial charge in [0.05, 0.1) is 17.1 Å². The lowest BCUT2D eigenvalue weighted by Gasteiger charge is -2.00. The van der Waals surface area contributed by atoms with Crippen LogP contribution in [0.2, 0.25) is 0 Å². The third kappa shape index (κ3) is 3.22. The average molecular weight is 340 g/mol. The SMILES string of the molecule is C/C(=N/N=C(\C)c1ccc(O)cc1)c1nnn(-c2nonc2N)c1C. The summed E-state index contributed by atoms with van der Waals surface area (Å²) in [5, 5.41) is 33.1. The van der Waals surface area contributed by atoms with Gasteiger partial charge in [0, 0.05) is 0 Å². The number of aromatic hydroxyl groups is 1. The normalized spacial score (nSPS) is 12.6. The zero-order valence-corrected chi connectivity index (χ0v) is 13.9. The van der Waals surface area contributed by atoms with Crippen molar-refractivity contribution < 1.29 is 9.74 Å². The number of nitrogens with zero attached hydrogens (tertiary/aromatic N) is 7. The predicted molar refractivity (Wildman–Crippen MR) is 90.9 cm³/mol. The van der Waals surface area contributed by atoms with Crippen LogP contribution in [0.15, 0.2) is 39.1 Å². The molecule has 0 bridgehead atoms. The van der Waals surface area contributed by atoms with Crippen LogP contribution in [0.25, 0.3) is 5.82 Å². The molecule has 0 atom stereocenters. The van der Waals surface area contributed by atoms with Crippen molar-refractivity contribution in [2.24, 2.45) is 10.2 Å². The lowest BCUT2D eigenvalue weighted by molar-refractivity contribution is 0.306. The first-order chi connectivity index (χ1) is 12.0. The molecule has 25 heavy (non-hydrogen) atoms. The number of phenolic OH excluding ortho intramolecular Hbond substituents is 1. The molecule has 0 saturated carbocycles. The molecule has 0 saturated heterocycles. The maximum atomic E-state index is 9.33. The van der Waals surface area contributed by atoms with Gasteiger partial charge >= 0.3 is 0 Å². The summed E-state index contributed by atoms with van der Waals surface area (Å²) in [6, 6.07) is 6.72. The lowest BCUT2D eigenvalue weighted by Crippen LogP contribution is -2.04. The molecule has 10 heteroatoms. The van der Waals surface area contributed by atoms with E-state index in [9.17, 15) is 5.11 Å². The molecule has 3 rings (SSSR count). The van der Waals surface area contributed by atoms with E-state index in [2.05, 4.69) is 35.5 Å². The van der Waals surface area contributed by atoms with Crippen LogP contribution in [0.5, 0.6) is 5.75 Å². The van der Waals surface area contributed by atoms with Gasteiger partial charge in [0.15, 0.2) is 0 Å². The molecule has 128 valence electrons. The molecule has 2 aromatic heterocycles. The molecule has 1 aromatic carbocycles. The smallest absolute Gasteiger partial charge is 0.243 e. The highest BCUT2D eigenvalue weighted by Gasteiger charge is 2.17. The molecular formula is C15H16N8O2. The second-order valence-corrected chi connectivity index (χ2v) is 5.33. The van der Waals surface area contributed by atoms with Crippen LogP contribution in [-0.2, 0) is 0 Å². The highest BCUT2D eigenvalue weighted by molar-refractivity contribution is 6.01. The van der Waals surface area contributed by atoms with Gasteiger partial charge in [0.25, 0.3) is 0 Å². The maximum Gasteiger partial charge on any atom is 0.243 e. The minimum Gasteiger partial charge on any atom is -0.508 e. The van der Waals surface area contributed by atoms with Crippen molar-refractivity contribution >= 4 is 17.2 Å². The average Bonchev–Trinajstić information content (AvgIpc) is 3.18. The van der Waals surface area contributed by atoms with E-state index in [0.29, 0.717) is 22.8 Å². The van der Waals surface area contributed by atoms with Crippen LogP contribution in [0.3, 0.4) is 0 Å². The van der Waals surface area contributed by atoms with Crippen molar-refractivity contribution in [3.05, 3.63) is 41.2 Å². The zero-order valence-electron chi connectivity index (χ0n) is 13.9. The Morgan fingerprint density at radius 2 is 1.80 bits per heavy atom. The van der Waals surface area contributed by atoms with Gasteiger partial charge in [0.2, 0.25) is 11.6 Å². The molecule has 3 N–H and O–H groups in total. The van der Waals surface area contributed by atoms with Gasteiger partial charge in [-0.1, -0.05) is 5.21 Å². The van der Waals surface area contributed by atoms with E-state index in [1.165, 1.54) is 4.68 Å². The Morgan fingerprint density at radius 1 is 1.12 bits per heavy atom. The third-order valence-electron chi connectivity index (χ3n) is 3.57. The van der Waals surface area contributed by atoms with Gasteiger partial charge in [-0.15, -0.1) is 5.10 Å². The first-order valence-electron chi connectivity index (χ1n) is 7.36. The topological polar surface area (TPSA) is 141 Å². The van der Waals surface area contributed by atoms with Gasteiger partial charge < -0.3 is 10.8 Å². The van der Waals surface area contributed by atoms with E-state index in [1.807, 2.05) is 6.92 Å². The largest absolute Gasteiger partial charge is 0.508 e. The Hall–Kier alpha value is -3.56. The van der Waals surface area contributed by atoms with Crippen molar-refractivity contribution in [2.45, 2.75) is 20.8 Å². The lowest BCUT2D eigenvalue weighted by atomic mass is 10.1. The van der Waals surface area contributed by atoms with Crippen molar-refractivity contribution in [1.29, 1.82) is 0 Å². The summed E-state index contributed by atoms with van der Waals surface area (Å²) < 4.78 is 6.00. The number of hydrogen-bond donors (Lipinski definition) is 2. The summed E-state index contributed by atoms with van der Waals surface area (Å²) in [5.74, 6) is 0.591. The van der Waals surface area contributed by atoms with Crippen molar-refractivity contribution in [1.82, 2.24) is 25.3 Å². The molecule has 0 aliphatic carbocycles. The zero-order chi connectivity index (χ0) is 18.0. The standard InChI is InChI=1S/C15H16N8O2/c1-8(11-4-6-12(24)7-5-11)17-18-9(2)13-10(3)23(22-19-13)15-14(16)20-25-21-15/h4-7,24H,1-3H3,(H2,16,20)/b17-8+,18-9-. The Kier molecular flexibility index (Phi) is 4.25. The van der Waals surface area contributed by atoms with Gasteiger partial charge in [-0.05, 0) is 60.9 Å². The summed E-state index contributed by atoms with van der Waals surface area (Å²) in [5.41, 5.74) is 9.06. The fourth-order valence-electron chi connectivity index (χ4n) is 2.16. The van der Waals surface area contributed by atoms with Crippen LogP contribution in [0, 0.1) is 6.92 Å². The fraction of sp³-hybridized carbons (Fsp3) is 0.200. The number of benzene rings is 1. The summed E-state index contributed by atoms with van der Waals surface area (Å²) in [6.07, 6.45) is 0. The van der Waals surface area contributed by atoms with Crippen LogP contribution < -0.4 is 5.73 Å². The van der Waals surface area contributed by atoms with Crippen molar-refractivity contribution in [3.63, 3.8) is 0 Å². The Morgan fingerprint density at radius 3 is 2.44 bits per heavy atom. The number of anilines is 1. The molecule has 0 unspecified atom stereocenters. The number of nitrogens with two attached hydrogens (primary N) is 1. The van der Waals surface area contributed by atoms with Gasteiger partial charge in [-0.3, -0.25) is 0 Å². The molecular weight excluding hydrogens is 324 g/mol. The van der Waals surface area contributed by atoms with Gasteiger partial charge in [-0.25, -0.2) is 4.63 Å². The monoisotopic (exact) mass is 340 g/mol. The van der Waals surface area contributed by atoms with Gasteiger partial charge in [0.1, 0.15) is 11.4 Å². The number of rotatable bonds is 4. The Labute approximate surface area is 142 Å².